The zero-order valence-electron chi connectivity index (χ0n) is 24.9. The molecule has 242 valence electrons. The first-order valence-electron chi connectivity index (χ1n) is 13.9. The number of nitrogens with one attached hydrogen (secondary N) is 1. The number of nitrogens with zero attached hydrogens (tertiary/aromatic N) is 4. The second-order valence-corrected chi connectivity index (χ2v) is 10.5. The molecule has 5 rings (SSSR count). The van der Waals surface area contributed by atoms with Crippen molar-refractivity contribution in [2.24, 2.45) is 0 Å². The molecule has 1 aromatic heterocycles. The molecule has 0 saturated carbocycles. The van der Waals surface area contributed by atoms with Gasteiger partial charge in [0.15, 0.2) is 11.5 Å². The summed E-state index contributed by atoms with van der Waals surface area (Å²) in [7, 11) is 4.77. The Morgan fingerprint density at radius 1 is 0.913 bits per heavy atom. The largest absolute Gasteiger partial charge is 0.493 e. The van der Waals surface area contributed by atoms with Crippen LogP contribution in [0.1, 0.15) is 21.5 Å². The Kier molecular flexibility index (Phi) is 9.34. The van der Waals surface area contributed by atoms with Crippen LogP contribution in [0.15, 0.2) is 48.8 Å². The highest BCUT2D eigenvalue weighted by molar-refractivity contribution is 6.46. The third kappa shape index (κ3) is 7.00. The van der Waals surface area contributed by atoms with Crippen LogP contribution in [0.25, 0.3) is 10.9 Å². The number of hydrogen-bond acceptors (Lipinski definition) is 9. The summed E-state index contributed by atoms with van der Waals surface area (Å²) in [5.74, 6) is -5.86. The van der Waals surface area contributed by atoms with E-state index in [4.69, 9.17) is 14.2 Å². The lowest BCUT2D eigenvalue weighted by Crippen LogP contribution is -2.44. The van der Waals surface area contributed by atoms with Crippen molar-refractivity contribution in [1.29, 1.82) is 0 Å². The number of ketones is 1. The van der Waals surface area contributed by atoms with Crippen molar-refractivity contribution >= 4 is 28.3 Å². The first-order chi connectivity index (χ1) is 21.9. The molecule has 1 fully saturated rings. The summed E-state index contributed by atoms with van der Waals surface area (Å²) in [6, 6.07) is 7.49. The van der Waals surface area contributed by atoms with Gasteiger partial charge in [-0.15, -0.1) is 0 Å². The number of alkyl halides is 3. The molecule has 1 aliphatic heterocycles. The van der Waals surface area contributed by atoms with Crippen molar-refractivity contribution in [3.05, 3.63) is 77.1 Å². The fourth-order valence-electron chi connectivity index (χ4n) is 4.98. The summed E-state index contributed by atoms with van der Waals surface area (Å²) in [5.41, 5.74) is -2.22. The Labute approximate surface area is 259 Å². The molecule has 15 heteroatoms. The summed E-state index contributed by atoms with van der Waals surface area (Å²) >= 11 is 0. The van der Waals surface area contributed by atoms with Gasteiger partial charge in [0.2, 0.25) is 5.88 Å². The molecule has 0 atom stereocenters. The average Bonchev–Trinajstić information content (AvgIpc) is 3.01. The van der Waals surface area contributed by atoms with Gasteiger partial charge in [-0.05, 0) is 30.8 Å². The van der Waals surface area contributed by atoms with Crippen LogP contribution < -0.4 is 19.5 Å². The minimum atomic E-state index is -4.76. The normalized spacial score (nSPS) is 14.3. The van der Waals surface area contributed by atoms with E-state index in [9.17, 15) is 22.8 Å². The Hall–Kier alpha value is -4.89. The Morgan fingerprint density at radius 3 is 2.20 bits per heavy atom. The van der Waals surface area contributed by atoms with Crippen molar-refractivity contribution in [3.8, 4) is 23.1 Å². The smallest absolute Gasteiger partial charge is 0.416 e. The second kappa shape index (κ2) is 13.2. The summed E-state index contributed by atoms with van der Waals surface area (Å²) < 4.78 is 88.0. The summed E-state index contributed by atoms with van der Waals surface area (Å²) in [5, 5.41) is 2.34. The number of methoxy groups -OCH3 is 2. The van der Waals surface area contributed by atoms with Gasteiger partial charge in [0.05, 0.1) is 36.2 Å². The minimum Gasteiger partial charge on any atom is -0.493 e. The molecule has 1 N–H and O–H groups in total. The van der Waals surface area contributed by atoms with Crippen LogP contribution in [-0.4, -0.2) is 78.9 Å². The van der Waals surface area contributed by atoms with E-state index in [0.717, 1.165) is 6.33 Å². The summed E-state index contributed by atoms with van der Waals surface area (Å²) in [6.45, 7) is 2.62. The van der Waals surface area contributed by atoms with Gasteiger partial charge in [0.1, 0.15) is 23.7 Å². The second-order valence-electron chi connectivity index (χ2n) is 10.5. The predicted octanol–water partition coefficient (Wildman–Crippen LogP) is 5.31. The van der Waals surface area contributed by atoms with Crippen molar-refractivity contribution < 1.29 is 45.8 Å². The highest BCUT2D eigenvalue weighted by Gasteiger charge is 2.35. The lowest BCUT2D eigenvalue weighted by Gasteiger charge is -2.33. The van der Waals surface area contributed by atoms with Gasteiger partial charge < -0.3 is 24.4 Å². The third-order valence-corrected chi connectivity index (χ3v) is 7.43. The molecule has 0 aliphatic carbocycles. The zero-order valence-corrected chi connectivity index (χ0v) is 24.9. The van der Waals surface area contributed by atoms with Gasteiger partial charge >= 0.3 is 6.18 Å². The van der Waals surface area contributed by atoms with Gasteiger partial charge in [-0.2, -0.15) is 13.2 Å². The maximum absolute atomic E-state index is 15.1. The van der Waals surface area contributed by atoms with E-state index in [-0.39, 0.29) is 23.7 Å². The number of aromatic nitrogens is 2. The van der Waals surface area contributed by atoms with E-state index < -0.39 is 46.4 Å². The number of halogens is 5. The van der Waals surface area contributed by atoms with Crippen molar-refractivity contribution in [2.45, 2.75) is 12.7 Å². The fourth-order valence-corrected chi connectivity index (χ4v) is 4.98. The number of anilines is 1. The van der Waals surface area contributed by atoms with Crippen LogP contribution in [0.5, 0.6) is 23.1 Å². The molecule has 1 amide bonds. The maximum Gasteiger partial charge on any atom is 0.416 e. The molecule has 2 heterocycles. The molecule has 4 aromatic rings. The molecular formula is C31H28F5N5O5. The molecule has 0 unspecified atom stereocenters. The monoisotopic (exact) mass is 645 g/mol. The molecule has 1 aliphatic rings. The number of carbonyl (C=O) groups excluding carboxylic acids is 2. The van der Waals surface area contributed by atoms with Crippen molar-refractivity contribution in [3.63, 3.8) is 0 Å². The van der Waals surface area contributed by atoms with E-state index in [1.165, 1.54) is 32.4 Å². The number of hydrogen-bond donors (Lipinski definition) is 1. The number of piperazine rings is 1. The number of carbonyl (C=O) groups is 2. The molecule has 0 radical (unpaired) electrons. The topological polar surface area (TPSA) is 106 Å². The Bertz CT molecular complexity index is 1770. The van der Waals surface area contributed by atoms with Gasteiger partial charge in [0, 0.05) is 56.6 Å². The first kappa shape index (κ1) is 32.5. The lowest BCUT2D eigenvalue weighted by atomic mass is 10.0. The fraction of sp³-hybridized carbons (Fsp3) is 0.290. The molecular weight excluding hydrogens is 617 g/mol. The zero-order chi connectivity index (χ0) is 33.2. The van der Waals surface area contributed by atoms with E-state index >= 15 is 8.78 Å². The van der Waals surface area contributed by atoms with E-state index in [0.29, 0.717) is 66.8 Å². The number of likely N-dealkylation sites (N-methyl/N-ethyl adjacent to an activating group) is 1. The van der Waals surface area contributed by atoms with Crippen LogP contribution in [0.4, 0.5) is 27.6 Å². The number of fused-ring (bicyclic) bond motifs is 1. The number of amides is 1. The molecule has 46 heavy (non-hydrogen) atoms. The van der Waals surface area contributed by atoms with Crippen LogP contribution in [0, 0.1) is 11.6 Å². The Balaban J connectivity index is 1.34. The number of benzene rings is 3. The molecule has 0 bridgehead atoms. The molecule has 10 nitrogen and oxygen atoms in total. The quantitative estimate of drug-likeness (QED) is 0.147. The molecule has 1 saturated heterocycles. The minimum absolute atomic E-state index is 0.0110. The highest BCUT2D eigenvalue weighted by atomic mass is 19.4. The van der Waals surface area contributed by atoms with Gasteiger partial charge in [-0.1, -0.05) is 6.07 Å². The van der Waals surface area contributed by atoms with E-state index in [1.54, 1.807) is 6.07 Å². The third-order valence-electron chi connectivity index (χ3n) is 7.43. The number of ether oxygens (including phenoxy) is 3. The van der Waals surface area contributed by atoms with Gasteiger partial charge in [-0.3, -0.25) is 14.5 Å². The van der Waals surface area contributed by atoms with Crippen LogP contribution in [0.2, 0.25) is 0 Å². The van der Waals surface area contributed by atoms with Crippen LogP contribution in [-0.2, 0) is 17.5 Å². The number of Topliss-reactive ketones (excluding diaryl/α,β-unsaturated/α-hetero) is 1. The van der Waals surface area contributed by atoms with Crippen LogP contribution in [0.3, 0.4) is 0 Å². The summed E-state index contributed by atoms with van der Waals surface area (Å²) in [6.07, 6.45) is -3.60. The van der Waals surface area contributed by atoms with Gasteiger partial charge in [-0.25, -0.2) is 18.7 Å². The SMILES string of the molecule is COc1cc2ncnc(Oc3cc(F)c(C(=O)C(=O)Nc4ccc(CN5CCN(C)CC5)c(C(F)(F)F)c4)c(F)c3)c2cc1OC. The molecule has 0 spiro atoms. The van der Waals surface area contributed by atoms with Crippen LogP contribution >= 0.6 is 0 Å². The highest BCUT2D eigenvalue weighted by Crippen LogP contribution is 2.37. The Morgan fingerprint density at radius 2 is 1.57 bits per heavy atom. The van der Waals surface area contributed by atoms with E-state index in [1.807, 2.05) is 17.3 Å². The predicted molar refractivity (Wildman–Crippen MR) is 156 cm³/mol. The lowest BCUT2D eigenvalue weighted by molar-refractivity contribution is -0.138. The van der Waals surface area contributed by atoms with Gasteiger partial charge in [0.25, 0.3) is 11.7 Å². The number of rotatable bonds is 9. The standard InChI is InChI=1S/C31H28F5N5O5/c1-40-6-8-41(9-7-40)15-17-4-5-18(10-21(17)31(34,35)36)39-29(43)28(42)27-22(32)11-19(12-23(27)33)46-30-20-13-25(44-2)26(45-3)14-24(20)37-16-38-30/h4-5,10-14,16H,6-9,15H2,1-3H3,(H,39,43). The van der Waals surface area contributed by atoms with Crippen molar-refractivity contribution in [1.82, 2.24) is 19.8 Å². The average molecular weight is 646 g/mol. The van der Waals surface area contributed by atoms with E-state index in [2.05, 4.69) is 14.9 Å². The maximum atomic E-state index is 15.1. The van der Waals surface area contributed by atoms with Crippen molar-refractivity contribution in [2.75, 3.05) is 52.8 Å². The first-order valence-corrected chi connectivity index (χ1v) is 13.9. The summed E-state index contributed by atoms with van der Waals surface area (Å²) in [4.78, 5) is 37.5. The molecule has 3 aromatic carbocycles.